The first-order valence-electron chi connectivity index (χ1n) is 9.37. The van der Waals surface area contributed by atoms with Crippen LogP contribution in [0.4, 0.5) is 0 Å². The van der Waals surface area contributed by atoms with E-state index in [1.54, 1.807) is 11.3 Å². The summed E-state index contributed by atoms with van der Waals surface area (Å²) < 4.78 is 11.3. The van der Waals surface area contributed by atoms with Gasteiger partial charge in [-0.2, -0.15) is 0 Å². The first kappa shape index (κ1) is 19.5. The van der Waals surface area contributed by atoms with Gasteiger partial charge in [-0.15, -0.1) is 11.3 Å². The summed E-state index contributed by atoms with van der Waals surface area (Å²) in [6, 6.07) is 8.04. The zero-order valence-corrected chi connectivity index (χ0v) is 17.5. The number of thiophene rings is 1. The maximum absolute atomic E-state index is 12.9. The summed E-state index contributed by atoms with van der Waals surface area (Å²) in [7, 11) is 0. The van der Waals surface area contributed by atoms with Gasteiger partial charge < -0.3 is 14.5 Å². The molecule has 0 bridgehead atoms. The second kappa shape index (κ2) is 8.25. The van der Waals surface area contributed by atoms with Crippen LogP contribution in [-0.2, 0) is 4.74 Å². The number of nitrogens with zero attached hydrogens (tertiary/aromatic N) is 1. The Morgan fingerprint density at radius 1 is 1.32 bits per heavy atom. The number of carbonyl (C=O) groups excluding carboxylic acids is 1. The number of carbonyl (C=O) groups is 1. The van der Waals surface area contributed by atoms with Crippen LogP contribution >= 0.6 is 22.9 Å². The van der Waals surface area contributed by atoms with E-state index in [2.05, 4.69) is 21.7 Å². The van der Waals surface area contributed by atoms with E-state index in [9.17, 15) is 4.79 Å². The number of rotatable bonds is 5. The molecule has 7 heteroatoms. The molecule has 0 unspecified atom stereocenters. The largest absolute Gasteiger partial charge is 0.451 e. The van der Waals surface area contributed by atoms with Crippen molar-refractivity contribution >= 4 is 39.8 Å². The van der Waals surface area contributed by atoms with E-state index < -0.39 is 0 Å². The van der Waals surface area contributed by atoms with Crippen LogP contribution < -0.4 is 5.32 Å². The fourth-order valence-electron chi connectivity index (χ4n) is 3.61. The highest BCUT2D eigenvalue weighted by Gasteiger charge is 2.25. The van der Waals surface area contributed by atoms with E-state index in [-0.39, 0.29) is 11.9 Å². The Labute approximate surface area is 173 Å². The number of benzene rings is 1. The number of aryl methyl sites for hydroxylation is 2. The van der Waals surface area contributed by atoms with Gasteiger partial charge in [0, 0.05) is 40.5 Å². The molecule has 1 aromatic carbocycles. The van der Waals surface area contributed by atoms with E-state index in [1.165, 1.54) is 4.88 Å². The van der Waals surface area contributed by atoms with E-state index in [0.29, 0.717) is 22.9 Å². The van der Waals surface area contributed by atoms with Gasteiger partial charge >= 0.3 is 0 Å². The number of fused-ring (bicyclic) bond motifs is 1. The molecular weight excluding hydrogens is 396 g/mol. The molecule has 1 aliphatic heterocycles. The SMILES string of the molecule is Cc1cc2oc(C(=O)NC[C@H](c3cccs3)N3CCOCC3)c(C)c2cc1Cl. The van der Waals surface area contributed by atoms with Crippen LogP contribution in [-0.4, -0.2) is 43.7 Å². The lowest BCUT2D eigenvalue weighted by Crippen LogP contribution is -2.43. The average Bonchev–Trinajstić information content (AvgIpc) is 3.33. The summed E-state index contributed by atoms with van der Waals surface area (Å²) in [6.07, 6.45) is 0. The van der Waals surface area contributed by atoms with Gasteiger partial charge in [-0.1, -0.05) is 17.7 Å². The Kier molecular flexibility index (Phi) is 5.73. The van der Waals surface area contributed by atoms with Gasteiger partial charge in [0.1, 0.15) is 5.58 Å². The zero-order valence-electron chi connectivity index (χ0n) is 16.0. The quantitative estimate of drug-likeness (QED) is 0.659. The minimum atomic E-state index is -0.197. The Balaban J connectivity index is 1.53. The summed E-state index contributed by atoms with van der Waals surface area (Å²) in [5, 5.41) is 6.70. The van der Waals surface area contributed by atoms with E-state index >= 15 is 0 Å². The molecule has 1 atom stereocenters. The first-order chi connectivity index (χ1) is 13.5. The number of halogens is 1. The van der Waals surface area contributed by atoms with Crippen molar-refractivity contribution in [2.45, 2.75) is 19.9 Å². The molecule has 1 aliphatic rings. The van der Waals surface area contributed by atoms with Gasteiger partial charge in [-0.25, -0.2) is 0 Å². The molecule has 0 radical (unpaired) electrons. The number of furan rings is 1. The number of hydrogen-bond acceptors (Lipinski definition) is 5. The molecule has 1 N–H and O–H groups in total. The molecule has 28 heavy (non-hydrogen) atoms. The van der Waals surface area contributed by atoms with Gasteiger partial charge in [-0.3, -0.25) is 9.69 Å². The zero-order chi connectivity index (χ0) is 19.7. The van der Waals surface area contributed by atoms with Crippen LogP contribution in [0.15, 0.2) is 34.1 Å². The molecule has 2 aromatic heterocycles. The predicted molar refractivity (Wildman–Crippen MR) is 112 cm³/mol. The van der Waals surface area contributed by atoms with Gasteiger partial charge in [0.05, 0.1) is 19.3 Å². The lowest BCUT2D eigenvalue weighted by Gasteiger charge is -2.34. The monoisotopic (exact) mass is 418 g/mol. The van der Waals surface area contributed by atoms with E-state index in [0.717, 1.165) is 42.8 Å². The lowest BCUT2D eigenvalue weighted by molar-refractivity contribution is 0.0168. The minimum Gasteiger partial charge on any atom is -0.451 e. The third-order valence-corrected chi connectivity index (χ3v) is 6.62. The summed E-state index contributed by atoms with van der Waals surface area (Å²) in [6.45, 7) is 7.51. The van der Waals surface area contributed by atoms with Crippen molar-refractivity contribution < 1.29 is 13.9 Å². The molecule has 148 valence electrons. The topological polar surface area (TPSA) is 54.7 Å². The van der Waals surface area contributed by atoms with Gasteiger partial charge in [0.2, 0.25) is 0 Å². The van der Waals surface area contributed by atoms with Crippen molar-refractivity contribution in [1.29, 1.82) is 0 Å². The van der Waals surface area contributed by atoms with Crippen molar-refractivity contribution in [2.24, 2.45) is 0 Å². The molecule has 3 aromatic rings. The summed E-state index contributed by atoms with van der Waals surface area (Å²) >= 11 is 7.95. The highest BCUT2D eigenvalue weighted by atomic mass is 35.5. The molecule has 3 heterocycles. The number of amides is 1. The van der Waals surface area contributed by atoms with Crippen molar-refractivity contribution in [3.05, 3.63) is 56.4 Å². The summed E-state index contributed by atoms with van der Waals surface area (Å²) in [5.74, 6) is 0.154. The van der Waals surface area contributed by atoms with Crippen molar-refractivity contribution in [3.63, 3.8) is 0 Å². The fraction of sp³-hybridized carbons (Fsp3) is 0.381. The molecule has 0 aliphatic carbocycles. The molecule has 1 fully saturated rings. The molecule has 5 nitrogen and oxygen atoms in total. The molecular formula is C21H23ClN2O3S. The highest BCUT2D eigenvalue weighted by molar-refractivity contribution is 7.10. The van der Waals surface area contributed by atoms with E-state index in [4.69, 9.17) is 20.8 Å². The molecule has 0 saturated carbocycles. The predicted octanol–water partition coefficient (Wildman–Crippen LogP) is 4.57. The van der Waals surface area contributed by atoms with E-state index in [1.807, 2.05) is 32.0 Å². The normalized spacial score (nSPS) is 16.4. The number of morpholine rings is 1. The molecule has 1 saturated heterocycles. The lowest BCUT2D eigenvalue weighted by atomic mass is 10.1. The van der Waals surface area contributed by atoms with Crippen LogP contribution in [0.5, 0.6) is 0 Å². The minimum absolute atomic E-state index is 0.134. The average molecular weight is 419 g/mol. The highest BCUT2D eigenvalue weighted by Crippen LogP contribution is 2.30. The Hall–Kier alpha value is -1.86. The number of ether oxygens (including phenoxy) is 1. The third kappa shape index (κ3) is 3.82. The van der Waals surface area contributed by atoms with Crippen molar-refractivity contribution in [1.82, 2.24) is 10.2 Å². The second-order valence-electron chi connectivity index (χ2n) is 7.04. The van der Waals surface area contributed by atoms with Crippen LogP contribution in [0.25, 0.3) is 11.0 Å². The van der Waals surface area contributed by atoms with Gasteiger partial charge in [0.25, 0.3) is 5.91 Å². The first-order valence-corrected chi connectivity index (χ1v) is 10.6. The maximum Gasteiger partial charge on any atom is 0.287 e. The summed E-state index contributed by atoms with van der Waals surface area (Å²) in [4.78, 5) is 16.5. The van der Waals surface area contributed by atoms with Gasteiger partial charge in [0.15, 0.2) is 5.76 Å². The maximum atomic E-state index is 12.9. The van der Waals surface area contributed by atoms with Crippen LogP contribution in [0.1, 0.15) is 32.6 Å². The molecule has 1 amide bonds. The Morgan fingerprint density at radius 2 is 2.11 bits per heavy atom. The van der Waals surface area contributed by atoms with Crippen LogP contribution in [0.2, 0.25) is 5.02 Å². The number of hydrogen-bond donors (Lipinski definition) is 1. The molecule has 4 rings (SSSR count). The Morgan fingerprint density at radius 3 is 2.82 bits per heavy atom. The molecule has 0 spiro atoms. The fourth-order valence-corrected chi connectivity index (χ4v) is 4.63. The summed E-state index contributed by atoms with van der Waals surface area (Å²) in [5.41, 5.74) is 2.43. The smallest absolute Gasteiger partial charge is 0.287 e. The van der Waals surface area contributed by atoms with Crippen molar-refractivity contribution in [3.8, 4) is 0 Å². The van der Waals surface area contributed by atoms with Crippen LogP contribution in [0, 0.1) is 13.8 Å². The third-order valence-electron chi connectivity index (χ3n) is 5.24. The van der Waals surface area contributed by atoms with Crippen LogP contribution in [0.3, 0.4) is 0 Å². The second-order valence-corrected chi connectivity index (χ2v) is 8.43. The van der Waals surface area contributed by atoms with Gasteiger partial charge in [-0.05, 0) is 43.0 Å². The number of nitrogens with one attached hydrogen (secondary N) is 1. The Bertz CT molecular complexity index is 977. The van der Waals surface area contributed by atoms with Crippen molar-refractivity contribution in [2.75, 3.05) is 32.8 Å². The standard InChI is InChI=1S/C21H23ClN2O3S/c1-13-10-18-15(11-16(13)22)14(2)20(27-18)21(25)23-12-17(19-4-3-9-28-19)24-5-7-26-8-6-24/h3-4,9-11,17H,5-8,12H2,1-2H3,(H,23,25)/t17-/m1/s1.